The van der Waals surface area contributed by atoms with Gasteiger partial charge in [-0.15, -0.1) is 11.3 Å². The monoisotopic (exact) mass is 306 g/mol. The van der Waals surface area contributed by atoms with Crippen LogP contribution in [-0.2, 0) is 0 Å². The zero-order valence-corrected chi connectivity index (χ0v) is 13.5. The molecule has 0 unspecified atom stereocenters. The van der Waals surface area contributed by atoms with Crippen LogP contribution in [0.1, 0.15) is 24.6 Å². The third-order valence-corrected chi connectivity index (χ3v) is 4.61. The van der Waals surface area contributed by atoms with Crippen molar-refractivity contribution in [3.63, 3.8) is 0 Å². The molecule has 2 aromatic rings. The first-order valence-electron chi connectivity index (χ1n) is 7.63. The minimum atomic E-state index is 0.656. The largest absolute Gasteiger partial charge is 0.476 e. The number of nitrogens with zero attached hydrogens (tertiary/aromatic N) is 3. The van der Waals surface area contributed by atoms with E-state index in [0.29, 0.717) is 18.4 Å². The van der Waals surface area contributed by atoms with Gasteiger partial charge in [-0.05, 0) is 45.8 Å². The number of fused-ring (bicyclic) bond motifs is 1. The molecule has 0 spiro atoms. The Morgan fingerprint density at radius 2 is 2.14 bits per heavy atom. The summed E-state index contributed by atoms with van der Waals surface area (Å²) in [4.78, 5) is 13.7. The van der Waals surface area contributed by atoms with Crippen LogP contribution in [-0.4, -0.2) is 47.7 Å². The van der Waals surface area contributed by atoms with Gasteiger partial charge >= 0.3 is 0 Å². The molecule has 6 heteroatoms. The fourth-order valence-corrected chi connectivity index (χ4v) is 3.51. The lowest BCUT2D eigenvalue weighted by molar-refractivity contribution is 0.234. The standard InChI is InChI=1S/C15H22N4OS/c1-3-16-15-17-13(12-10-11(2)21-14(12)18-15)20-9-8-19-6-4-5-7-19/h10H,3-9H2,1-2H3,(H,16,17,18). The van der Waals surface area contributed by atoms with Crippen LogP contribution in [0.25, 0.3) is 10.2 Å². The molecular formula is C15H22N4OS. The Kier molecular flexibility index (Phi) is 4.55. The number of rotatable bonds is 6. The summed E-state index contributed by atoms with van der Waals surface area (Å²) < 4.78 is 5.96. The van der Waals surface area contributed by atoms with Gasteiger partial charge in [0.05, 0.1) is 5.39 Å². The van der Waals surface area contributed by atoms with Crippen molar-refractivity contribution in [2.45, 2.75) is 26.7 Å². The Hall–Kier alpha value is -1.40. The Morgan fingerprint density at radius 3 is 2.90 bits per heavy atom. The van der Waals surface area contributed by atoms with Crippen molar-refractivity contribution in [1.82, 2.24) is 14.9 Å². The van der Waals surface area contributed by atoms with E-state index in [1.165, 1.54) is 30.8 Å². The summed E-state index contributed by atoms with van der Waals surface area (Å²) >= 11 is 1.68. The molecule has 0 aliphatic carbocycles. The summed E-state index contributed by atoms with van der Waals surface area (Å²) in [6.07, 6.45) is 2.62. The molecule has 0 radical (unpaired) electrons. The highest BCUT2D eigenvalue weighted by molar-refractivity contribution is 7.18. The molecular weight excluding hydrogens is 284 g/mol. The van der Waals surface area contributed by atoms with Crippen molar-refractivity contribution >= 4 is 27.5 Å². The van der Waals surface area contributed by atoms with Crippen molar-refractivity contribution in [1.29, 1.82) is 0 Å². The lowest BCUT2D eigenvalue weighted by Gasteiger charge is -2.15. The highest BCUT2D eigenvalue weighted by Gasteiger charge is 2.14. The molecule has 3 heterocycles. The van der Waals surface area contributed by atoms with E-state index in [2.05, 4.69) is 33.2 Å². The molecule has 21 heavy (non-hydrogen) atoms. The number of hydrogen-bond donors (Lipinski definition) is 1. The second-order valence-corrected chi connectivity index (χ2v) is 6.59. The van der Waals surface area contributed by atoms with Crippen LogP contribution in [0.15, 0.2) is 6.07 Å². The van der Waals surface area contributed by atoms with Gasteiger partial charge in [0.15, 0.2) is 0 Å². The zero-order valence-electron chi connectivity index (χ0n) is 12.7. The summed E-state index contributed by atoms with van der Waals surface area (Å²) in [6.45, 7) is 9.00. The molecule has 0 amide bonds. The van der Waals surface area contributed by atoms with E-state index >= 15 is 0 Å². The quantitative estimate of drug-likeness (QED) is 0.889. The lowest BCUT2D eigenvalue weighted by atomic mass is 10.3. The fourth-order valence-electron chi connectivity index (χ4n) is 2.64. The van der Waals surface area contributed by atoms with Crippen LogP contribution in [0.3, 0.4) is 0 Å². The summed E-state index contributed by atoms with van der Waals surface area (Å²) in [5.74, 6) is 1.36. The number of likely N-dealkylation sites (tertiary alicyclic amines) is 1. The first kappa shape index (κ1) is 14.5. The fraction of sp³-hybridized carbons (Fsp3) is 0.600. The Balaban J connectivity index is 1.74. The van der Waals surface area contributed by atoms with Crippen molar-refractivity contribution in [2.75, 3.05) is 38.1 Å². The average molecular weight is 306 g/mol. The number of nitrogens with one attached hydrogen (secondary N) is 1. The molecule has 2 aromatic heterocycles. The molecule has 1 aliphatic heterocycles. The topological polar surface area (TPSA) is 50.3 Å². The van der Waals surface area contributed by atoms with Gasteiger partial charge in [0.2, 0.25) is 11.8 Å². The number of aromatic nitrogens is 2. The maximum Gasteiger partial charge on any atom is 0.227 e. The lowest BCUT2D eigenvalue weighted by Crippen LogP contribution is -2.25. The van der Waals surface area contributed by atoms with Crippen LogP contribution in [0.4, 0.5) is 5.95 Å². The Bertz CT molecular complexity index is 607. The van der Waals surface area contributed by atoms with E-state index in [-0.39, 0.29) is 0 Å². The van der Waals surface area contributed by atoms with Gasteiger partial charge in [0.1, 0.15) is 11.4 Å². The van der Waals surface area contributed by atoms with E-state index in [1.54, 1.807) is 11.3 Å². The van der Waals surface area contributed by atoms with Gasteiger partial charge in [-0.1, -0.05) is 0 Å². The molecule has 0 aromatic carbocycles. The molecule has 1 aliphatic rings. The maximum absolute atomic E-state index is 5.96. The van der Waals surface area contributed by atoms with Crippen LogP contribution in [0.5, 0.6) is 5.88 Å². The van der Waals surface area contributed by atoms with E-state index in [1.807, 2.05) is 6.92 Å². The second-order valence-electron chi connectivity index (χ2n) is 5.36. The Morgan fingerprint density at radius 1 is 1.33 bits per heavy atom. The van der Waals surface area contributed by atoms with Crippen LogP contribution >= 0.6 is 11.3 Å². The SMILES string of the molecule is CCNc1nc(OCCN2CCCC2)c2cc(C)sc2n1. The Labute approximate surface area is 129 Å². The molecule has 0 atom stereocenters. The van der Waals surface area contributed by atoms with E-state index in [4.69, 9.17) is 4.74 Å². The number of hydrogen-bond acceptors (Lipinski definition) is 6. The average Bonchev–Trinajstić information content (AvgIpc) is 3.07. The van der Waals surface area contributed by atoms with Gasteiger partial charge in [-0.25, -0.2) is 4.98 Å². The molecule has 1 saturated heterocycles. The predicted molar refractivity (Wildman–Crippen MR) is 87.5 cm³/mol. The number of aryl methyl sites for hydroxylation is 1. The predicted octanol–water partition coefficient (Wildman–Crippen LogP) is 2.91. The van der Waals surface area contributed by atoms with Crippen LogP contribution in [0, 0.1) is 6.92 Å². The molecule has 3 rings (SSSR count). The first-order valence-corrected chi connectivity index (χ1v) is 8.45. The smallest absolute Gasteiger partial charge is 0.227 e. The summed E-state index contributed by atoms with van der Waals surface area (Å²) in [6, 6.07) is 2.11. The summed E-state index contributed by atoms with van der Waals surface area (Å²) in [5, 5.41) is 4.20. The second kappa shape index (κ2) is 6.58. The first-order chi connectivity index (χ1) is 10.3. The number of anilines is 1. The van der Waals surface area contributed by atoms with Crippen LogP contribution < -0.4 is 10.1 Å². The molecule has 5 nitrogen and oxygen atoms in total. The summed E-state index contributed by atoms with van der Waals surface area (Å²) in [7, 11) is 0. The molecule has 0 saturated carbocycles. The maximum atomic E-state index is 5.96. The van der Waals surface area contributed by atoms with Gasteiger partial charge in [0, 0.05) is 18.0 Å². The molecule has 1 N–H and O–H groups in total. The zero-order chi connectivity index (χ0) is 14.7. The highest BCUT2D eigenvalue weighted by atomic mass is 32.1. The minimum Gasteiger partial charge on any atom is -0.476 e. The number of ether oxygens (including phenoxy) is 1. The van der Waals surface area contributed by atoms with Crippen molar-refractivity contribution in [3.8, 4) is 5.88 Å². The van der Waals surface area contributed by atoms with Crippen molar-refractivity contribution < 1.29 is 4.74 Å². The molecule has 114 valence electrons. The minimum absolute atomic E-state index is 0.656. The van der Waals surface area contributed by atoms with Gasteiger partial charge in [-0.2, -0.15) is 4.98 Å². The van der Waals surface area contributed by atoms with Gasteiger partial charge in [0.25, 0.3) is 0 Å². The van der Waals surface area contributed by atoms with Gasteiger partial charge in [-0.3, -0.25) is 4.90 Å². The van der Waals surface area contributed by atoms with Crippen LogP contribution in [0.2, 0.25) is 0 Å². The van der Waals surface area contributed by atoms with Gasteiger partial charge < -0.3 is 10.1 Å². The highest BCUT2D eigenvalue weighted by Crippen LogP contribution is 2.31. The molecule has 1 fully saturated rings. The van der Waals surface area contributed by atoms with E-state index in [9.17, 15) is 0 Å². The van der Waals surface area contributed by atoms with E-state index < -0.39 is 0 Å². The summed E-state index contributed by atoms with van der Waals surface area (Å²) in [5.41, 5.74) is 0. The third-order valence-electron chi connectivity index (χ3n) is 3.66. The molecule has 0 bridgehead atoms. The van der Waals surface area contributed by atoms with Crippen molar-refractivity contribution in [3.05, 3.63) is 10.9 Å². The number of thiophene rings is 1. The normalized spacial score (nSPS) is 15.7. The van der Waals surface area contributed by atoms with E-state index in [0.717, 1.165) is 23.3 Å². The van der Waals surface area contributed by atoms with Crippen molar-refractivity contribution in [2.24, 2.45) is 0 Å². The third kappa shape index (κ3) is 3.44.